The van der Waals surface area contributed by atoms with Crippen LogP contribution < -0.4 is 10.6 Å². The smallest absolute Gasteiger partial charge is 0.225 e. The van der Waals surface area contributed by atoms with Crippen LogP contribution in [0.4, 0.5) is 10.0 Å². The molecule has 0 bridgehead atoms. The van der Waals surface area contributed by atoms with Crippen LogP contribution >= 0.6 is 22.7 Å². The second-order valence-corrected chi connectivity index (χ2v) is 11.6. The average molecular weight is 509 g/mol. The Morgan fingerprint density at radius 3 is 1.46 bits per heavy atom. The molecule has 6 nitrogen and oxygen atoms in total. The van der Waals surface area contributed by atoms with E-state index in [4.69, 9.17) is 0 Å². The molecular formula is C27H32N4O2S2. The van der Waals surface area contributed by atoms with E-state index in [0.29, 0.717) is 27.5 Å². The van der Waals surface area contributed by atoms with E-state index >= 15 is 0 Å². The van der Waals surface area contributed by atoms with E-state index in [1.807, 2.05) is 0 Å². The van der Waals surface area contributed by atoms with Gasteiger partial charge in [0.2, 0.25) is 11.8 Å². The lowest BCUT2D eigenvalue weighted by molar-refractivity contribution is -0.117. The van der Waals surface area contributed by atoms with Gasteiger partial charge in [-0.05, 0) is 68.9 Å². The van der Waals surface area contributed by atoms with Crippen LogP contribution in [0, 0.1) is 22.7 Å². The largest absolute Gasteiger partial charge is 0.317 e. The van der Waals surface area contributed by atoms with Crippen LogP contribution in [0.2, 0.25) is 0 Å². The lowest BCUT2D eigenvalue weighted by Crippen LogP contribution is -2.15. The molecule has 0 saturated carbocycles. The van der Waals surface area contributed by atoms with Gasteiger partial charge in [0, 0.05) is 22.6 Å². The van der Waals surface area contributed by atoms with Gasteiger partial charge in [-0.25, -0.2) is 0 Å². The Labute approximate surface area is 215 Å². The fourth-order valence-corrected chi connectivity index (χ4v) is 7.55. The second-order valence-electron chi connectivity index (χ2n) is 9.42. The first kappa shape index (κ1) is 25.4. The maximum Gasteiger partial charge on any atom is 0.225 e. The van der Waals surface area contributed by atoms with Gasteiger partial charge in [0.25, 0.3) is 0 Å². The summed E-state index contributed by atoms with van der Waals surface area (Å²) in [5.74, 6) is -0.333. The van der Waals surface area contributed by atoms with Gasteiger partial charge < -0.3 is 10.6 Å². The van der Waals surface area contributed by atoms with Gasteiger partial charge in [-0.2, -0.15) is 10.5 Å². The third-order valence-corrected chi connectivity index (χ3v) is 9.29. The lowest BCUT2D eigenvalue weighted by Gasteiger charge is -2.08. The number of nitrogens with one attached hydrogen (secondary N) is 2. The first-order valence-electron chi connectivity index (χ1n) is 12.8. The number of aryl methyl sites for hydroxylation is 2. The quantitative estimate of drug-likeness (QED) is 0.457. The molecule has 0 spiro atoms. The Kier molecular flexibility index (Phi) is 8.95. The van der Waals surface area contributed by atoms with Crippen molar-refractivity contribution in [2.45, 2.75) is 96.3 Å². The van der Waals surface area contributed by atoms with Crippen molar-refractivity contribution in [2.24, 2.45) is 0 Å². The van der Waals surface area contributed by atoms with Crippen LogP contribution in [0.5, 0.6) is 0 Å². The summed E-state index contributed by atoms with van der Waals surface area (Å²) in [6.45, 7) is 0. The molecule has 0 unspecified atom stereocenters. The topological polar surface area (TPSA) is 106 Å². The average Bonchev–Trinajstić information content (AvgIpc) is 3.29. The molecular weight excluding hydrogens is 476 g/mol. The third kappa shape index (κ3) is 6.31. The van der Waals surface area contributed by atoms with E-state index < -0.39 is 0 Å². The number of hydrogen-bond donors (Lipinski definition) is 2. The van der Waals surface area contributed by atoms with Gasteiger partial charge in [-0.15, -0.1) is 22.7 Å². The number of carbonyl (C=O) groups excluding carboxylic acids is 2. The fraction of sp³-hybridized carbons (Fsp3) is 0.556. The van der Waals surface area contributed by atoms with Crippen molar-refractivity contribution >= 4 is 44.5 Å². The molecule has 2 aliphatic carbocycles. The Morgan fingerprint density at radius 2 is 1.06 bits per heavy atom. The highest BCUT2D eigenvalue weighted by molar-refractivity contribution is 7.17. The Hall–Kier alpha value is -2.68. The maximum absolute atomic E-state index is 12.6. The summed E-state index contributed by atoms with van der Waals surface area (Å²) in [5.41, 5.74) is 3.47. The first-order chi connectivity index (χ1) is 17.1. The molecule has 0 aromatic carbocycles. The molecule has 0 fully saturated rings. The van der Waals surface area contributed by atoms with E-state index in [1.165, 1.54) is 58.1 Å². The minimum Gasteiger partial charge on any atom is -0.317 e. The molecule has 0 saturated heterocycles. The number of fused-ring (bicyclic) bond motifs is 2. The van der Waals surface area contributed by atoms with E-state index in [1.54, 1.807) is 0 Å². The number of thiophene rings is 2. The molecule has 2 amide bonds. The Morgan fingerprint density at radius 1 is 0.657 bits per heavy atom. The van der Waals surface area contributed by atoms with Crippen molar-refractivity contribution in [1.82, 2.24) is 0 Å². The number of carbonyl (C=O) groups is 2. The highest BCUT2D eigenvalue weighted by atomic mass is 32.1. The summed E-state index contributed by atoms with van der Waals surface area (Å²) in [6, 6.07) is 4.61. The van der Waals surface area contributed by atoms with Crippen LogP contribution in [-0.4, -0.2) is 11.8 Å². The SMILES string of the molecule is N#Cc1c(NC(=O)CCCC(=O)Nc2sc3c(c2C#N)CCCCCC3)sc2c1CCCCCC2. The molecule has 4 rings (SSSR count). The molecule has 0 aliphatic heterocycles. The predicted molar refractivity (Wildman–Crippen MR) is 141 cm³/mol. The number of amides is 2. The summed E-state index contributed by atoms with van der Waals surface area (Å²) in [7, 11) is 0. The monoisotopic (exact) mass is 508 g/mol. The van der Waals surface area contributed by atoms with E-state index in [9.17, 15) is 20.1 Å². The molecule has 2 N–H and O–H groups in total. The molecule has 184 valence electrons. The van der Waals surface area contributed by atoms with Crippen LogP contribution in [0.25, 0.3) is 0 Å². The number of nitriles is 2. The maximum atomic E-state index is 12.6. The minimum absolute atomic E-state index is 0.166. The number of nitrogens with zero attached hydrogens (tertiary/aromatic N) is 2. The zero-order chi connectivity index (χ0) is 24.6. The van der Waals surface area contributed by atoms with Crippen molar-refractivity contribution in [3.8, 4) is 12.1 Å². The van der Waals surface area contributed by atoms with Gasteiger partial charge >= 0.3 is 0 Å². The predicted octanol–water partition coefficient (Wildman–Crippen LogP) is 6.62. The third-order valence-electron chi connectivity index (χ3n) is 6.88. The highest BCUT2D eigenvalue weighted by Gasteiger charge is 2.22. The number of rotatable bonds is 6. The summed E-state index contributed by atoms with van der Waals surface area (Å²) in [4.78, 5) is 27.6. The summed E-state index contributed by atoms with van der Waals surface area (Å²) < 4.78 is 0. The van der Waals surface area contributed by atoms with Gasteiger partial charge in [0.1, 0.15) is 22.1 Å². The zero-order valence-electron chi connectivity index (χ0n) is 20.1. The van der Waals surface area contributed by atoms with Crippen molar-refractivity contribution in [2.75, 3.05) is 10.6 Å². The standard InChI is InChI=1S/C27H32N4O2S2/c28-16-20-18-10-5-1-3-7-12-22(18)34-26(20)30-24(32)14-9-15-25(33)31-27-21(17-29)19-11-6-2-4-8-13-23(19)35-27/h1-15H2,(H,30,32)(H,31,33). The van der Waals surface area contributed by atoms with Gasteiger partial charge in [0.15, 0.2) is 0 Å². The van der Waals surface area contributed by atoms with E-state index in [0.717, 1.165) is 62.5 Å². The molecule has 2 aliphatic rings. The summed E-state index contributed by atoms with van der Waals surface area (Å²) in [5, 5.41) is 26.6. The van der Waals surface area contributed by atoms with Crippen LogP contribution in [0.15, 0.2) is 0 Å². The van der Waals surface area contributed by atoms with Crippen LogP contribution in [0.1, 0.15) is 103 Å². The summed E-state index contributed by atoms with van der Waals surface area (Å²) >= 11 is 3.07. The van der Waals surface area contributed by atoms with Crippen molar-refractivity contribution in [3.63, 3.8) is 0 Å². The van der Waals surface area contributed by atoms with Gasteiger partial charge in [-0.1, -0.05) is 25.7 Å². The van der Waals surface area contributed by atoms with Crippen molar-refractivity contribution in [1.29, 1.82) is 10.5 Å². The molecule has 2 aromatic rings. The molecule has 2 heterocycles. The lowest BCUT2D eigenvalue weighted by atomic mass is 9.97. The van der Waals surface area contributed by atoms with Crippen LogP contribution in [0.3, 0.4) is 0 Å². The minimum atomic E-state index is -0.166. The molecule has 2 aromatic heterocycles. The molecule has 8 heteroatoms. The van der Waals surface area contributed by atoms with Crippen molar-refractivity contribution in [3.05, 3.63) is 32.0 Å². The second kappa shape index (κ2) is 12.3. The zero-order valence-corrected chi connectivity index (χ0v) is 21.8. The van der Waals surface area contributed by atoms with Gasteiger partial charge in [0.05, 0.1) is 11.1 Å². The molecule has 0 radical (unpaired) electrons. The molecule has 35 heavy (non-hydrogen) atoms. The normalized spacial score (nSPS) is 15.7. The van der Waals surface area contributed by atoms with Crippen LogP contribution in [-0.2, 0) is 35.3 Å². The number of hydrogen-bond acceptors (Lipinski definition) is 6. The Bertz CT molecular complexity index is 1080. The Balaban J connectivity index is 1.31. The summed E-state index contributed by atoms with van der Waals surface area (Å²) in [6.07, 6.45) is 13.8. The van der Waals surface area contributed by atoms with Gasteiger partial charge in [-0.3, -0.25) is 9.59 Å². The molecule has 0 atom stereocenters. The highest BCUT2D eigenvalue weighted by Crippen LogP contribution is 2.38. The number of anilines is 2. The van der Waals surface area contributed by atoms with Crippen molar-refractivity contribution < 1.29 is 9.59 Å². The van der Waals surface area contributed by atoms with E-state index in [2.05, 4.69) is 22.8 Å². The fourth-order valence-electron chi connectivity index (χ4n) is 5.04. The first-order valence-corrected chi connectivity index (χ1v) is 14.4. The van der Waals surface area contributed by atoms with E-state index in [-0.39, 0.29) is 24.7 Å².